The SMILES string of the molecule is CC1CC(NC(=O)/C(C#N)=N/Nc2ccc(C(C)C)cc2)CC(C)(C)C1. The fraction of sp³-hybridized carbons (Fsp3) is 0.571. The predicted molar refractivity (Wildman–Crippen MR) is 106 cm³/mol. The van der Waals surface area contributed by atoms with E-state index in [-0.39, 0.29) is 17.2 Å². The van der Waals surface area contributed by atoms with Crippen molar-refractivity contribution in [2.75, 3.05) is 5.43 Å². The zero-order chi connectivity index (χ0) is 19.3. The van der Waals surface area contributed by atoms with Gasteiger partial charge < -0.3 is 5.32 Å². The Kier molecular flexibility index (Phi) is 6.42. The molecule has 0 heterocycles. The number of amides is 1. The summed E-state index contributed by atoms with van der Waals surface area (Å²) in [5.41, 5.74) is 4.85. The van der Waals surface area contributed by atoms with Crippen molar-refractivity contribution in [1.82, 2.24) is 5.32 Å². The lowest BCUT2D eigenvalue weighted by Gasteiger charge is -2.39. The maximum Gasteiger partial charge on any atom is 0.282 e. The van der Waals surface area contributed by atoms with Gasteiger partial charge in [-0.15, -0.1) is 0 Å². The van der Waals surface area contributed by atoms with E-state index < -0.39 is 5.91 Å². The minimum atomic E-state index is -0.409. The number of anilines is 1. The van der Waals surface area contributed by atoms with Gasteiger partial charge in [0.05, 0.1) is 5.69 Å². The minimum Gasteiger partial charge on any atom is -0.347 e. The maximum absolute atomic E-state index is 12.4. The highest BCUT2D eigenvalue weighted by Crippen LogP contribution is 2.38. The third-order valence-corrected chi connectivity index (χ3v) is 4.92. The van der Waals surface area contributed by atoms with Gasteiger partial charge >= 0.3 is 0 Å². The molecule has 0 aliphatic heterocycles. The predicted octanol–water partition coefficient (Wildman–Crippen LogP) is 4.43. The Morgan fingerprint density at radius 2 is 1.92 bits per heavy atom. The Balaban J connectivity index is 1.99. The van der Waals surface area contributed by atoms with Crippen LogP contribution in [0.5, 0.6) is 0 Å². The quantitative estimate of drug-likeness (QED) is 0.606. The number of benzene rings is 1. The number of hydrazone groups is 1. The Morgan fingerprint density at radius 3 is 2.46 bits per heavy atom. The molecule has 0 bridgehead atoms. The molecule has 1 aliphatic carbocycles. The first-order valence-corrected chi connectivity index (χ1v) is 9.35. The lowest BCUT2D eigenvalue weighted by molar-refractivity contribution is -0.115. The number of nitrogens with one attached hydrogen (secondary N) is 2. The van der Waals surface area contributed by atoms with Gasteiger partial charge in [-0.05, 0) is 54.2 Å². The fourth-order valence-electron chi connectivity index (χ4n) is 3.90. The molecule has 1 aliphatic rings. The minimum absolute atomic E-state index is 0.0881. The summed E-state index contributed by atoms with van der Waals surface area (Å²) in [6, 6.07) is 9.81. The molecular weight excluding hydrogens is 324 g/mol. The Labute approximate surface area is 156 Å². The van der Waals surface area contributed by atoms with E-state index in [4.69, 9.17) is 0 Å². The van der Waals surface area contributed by atoms with Crippen molar-refractivity contribution in [1.29, 1.82) is 5.26 Å². The molecule has 0 saturated heterocycles. The van der Waals surface area contributed by atoms with Crippen LogP contribution in [0.4, 0.5) is 5.69 Å². The molecule has 5 nitrogen and oxygen atoms in total. The summed E-state index contributed by atoms with van der Waals surface area (Å²) in [6.45, 7) is 10.9. The van der Waals surface area contributed by atoms with Crippen LogP contribution >= 0.6 is 0 Å². The number of carbonyl (C=O) groups excluding carboxylic acids is 1. The van der Waals surface area contributed by atoms with E-state index in [2.05, 4.69) is 50.5 Å². The zero-order valence-electron chi connectivity index (χ0n) is 16.5. The van der Waals surface area contributed by atoms with Gasteiger partial charge in [0.1, 0.15) is 6.07 Å². The van der Waals surface area contributed by atoms with E-state index in [9.17, 15) is 10.1 Å². The van der Waals surface area contributed by atoms with Gasteiger partial charge in [-0.25, -0.2) is 0 Å². The van der Waals surface area contributed by atoms with Crippen molar-refractivity contribution in [3.63, 3.8) is 0 Å². The first-order chi connectivity index (χ1) is 12.2. The average Bonchev–Trinajstić information content (AvgIpc) is 2.53. The molecular formula is C21H30N4O. The van der Waals surface area contributed by atoms with Crippen molar-refractivity contribution in [3.8, 4) is 6.07 Å². The Hall–Kier alpha value is -2.35. The standard InChI is InChI=1S/C21H30N4O/c1-14(2)16-6-8-17(9-7-16)24-25-19(13-22)20(26)23-18-10-15(3)11-21(4,5)12-18/h6-9,14-15,18,24H,10-12H2,1-5H3,(H,23,26)/b25-19+. The molecule has 1 amide bonds. The fourth-order valence-corrected chi connectivity index (χ4v) is 3.90. The van der Waals surface area contributed by atoms with Crippen LogP contribution in [0.3, 0.4) is 0 Å². The van der Waals surface area contributed by atoms with Gasteiger partial charge in [-0.2, -0.15) is 10.4 Å². The highest BCUT2D eigenvalue weighted by Gasteiger charge is 2.33. The molecule has 2 unspecified atom stereocenters. The summed E-state index contributed by atoms with van der Waals surface area (Å²) in [4.78, 5) is 12.4. The van der Waals surface area contributed by atoms with Crippen LogP contribution in [-0.2, 0) is 4.79 Å². The van der Waals surface area contributed by atoms with Crippen LogP contribution in [0.15, 0.2) is 29.4 Å². The molecule has 26 heavy (non-hydrogen) atoms. The van der Waals surface area contributed by atoms with E-state index in [1.807, 2.05) is 30.3 Å². The third-order valence-electron chi connectivity index (χ3n) is 4.92. The lowest BCUT2D eigenvalue weighted by atomic mass is 9.70. The summed E-state index contributed by atoms with van der Waals surface area (Å²) >= 11 is 0. The van der Waals surface area contributed by atoms with Crippen molar-refractivity contribution in [2.24, 2.45) is 16.4 Å². The summed E-state index contributed by atoms with van der Waals surface area (Å²) in [6.07, 6.45) is 3.02. The monoisotopic (exact) mass is 354 g/mol. The van der Waals surface area contributed by atoms with E-state index in [1.165, 1.54) is 5.56 Å². The van der Waals surface area contributed by atoms with Crippen LogP contribution in [0, 0.1) is 22.7 Å². The molecule has 2 N–H and O–H groups in total. The smallest absolute Gasteiger partial charge is 0.282 e. The first kappa shape index (κ1) is 20.0. The molecule has 0 aromatic heterocycles. The van der Waals surface area contributed by atoms with Gasteiger partial charge in [0.2, 0.25) is 5.71 Å². The third kappa shape index (κ3) is 5.59. The van der Waals surface area contributed by atoms with Crippen LogP contribution in [0.25, 0.3) is 0 Å². The highest BCUT2D eigenvalue weighted by molar-refractivity contribution is 6.45. The summed E-state index contributed by atoms with van der Waals surface area (Å²) < 4.78 is 0. The van der Waals surface area contributed by atoms with E-state index >= 15 is 0 Å². The van der Waals surface area contributed by atoms with Crippen LogP contribution < -0.4 is 10.7 Å². The van der Waals surface area contributed by atoms with E-state index in [0.717, 1.165) is 24.9 Å². The van der Waals surface area contributed by atoms with Crippen LogP contribution in [-0.4, -0.2) is 17.7 Å². The number of hydrogen-bond acceptors (Lipinski definition) is 4. The summed E-state index contributed by atoms with van der Waals surface area (Å²) in [7, 11) is 0. The molecule has 0 spiro atoms. The summed E-state index contributed by atoms with van der Waals surface area (Å²) in [5, 5.41) is 16.3. The number of hydrogen-bond donors (Lipinski definition) is 2. The molecule has 0 radical (unpaired) electrons. The number of carbonyl (C=O) groups is 1. The molecule has 1 saturated carbocycles. The highest BCUT2D eigenvalue weighted by atomic mass is 16.2. The van der Waals surface area contributed by atoms with E-state index in [1.54, 1.807) is 0 Å². The van der Waals surface area contributed by atoms with Crippen LogP contribution in [0.2, 0.25) is 0 Å². The number of nitriles is 1. The van der Waals surface area contributed by atoms with Crippen molar-refractivity contribution >= 4 is 17.3 Å². The van der Waals surface area contributed by atoms with Gasteiger partial charge in [0, 0.05) is 6.04 Å². The van der Waals surface area contributed by atoms with Gasteiger partial charge in [0.25, 0.3) is 5.91 Å². The van der Waals surface area contributed by atoms with Gasteiger partial charge in [0.15, 0.2) is 0 Å². The molecule has 140 valence electrons. The Bertz CT molecular complexity index is 698. The largest absolute Gasteiger partial charge is 0.347 e. The Morgan fingerprint density at radius 1 is 1.27 bits per heavy atom. The van der Waals surface area contributed by atoms with Gasteiger partial charge in [-0.1, -0.05) is 46.8 Å². The first-order valence-electron chi connectivity index (χ1n) is 9.35. The van der Waals surface area contributed by atoms with E-state index in [0.29, 0.717) is 11.8 Å². The lowest BCUT2D eigenvalue weighted by Crippen LogP contribution is -2.45. The normalized spacial score (nSPS) is 22.6. The topological polar surface area (TPSA) is 77.3 Å². The molecule has 5 heteroatoms. The molecule has 2 rings (SSSR count). The second-order valence-corrected chi connectivity index (χ2v) is 8.54. The molecule has 1 aromatic carbocycles. The second-order valence-electron chi connectivity index (χ2n) is 8.54. The number of nitrogens with zero attached hydrogens (tertiary/aromatic N) is 2. The summed E-state index contributed by atoms with van der Waals surface area (Å²) in [5.74, 6) is 0.605. The average molecular weight is 354 g/mol. The molecule has 1 fully saturated rings. The van der Waals surface area contributed by atoms with Gasteiger partial charge in [-0.3, -0.25) is 10.2 Å². The molecule has 1 aromatic rings. The molecule has 2 atom stereocenters. The number of rotatable bonds is 5. The van der Waals surface area contributed by atoms with Crippen molar-refractivity contribution in [3.05, 3.63) is 29.8 Å². The maximum atomic E-state index is 12.4. The van der Waals surface area contributed by atoms with Crippen molar-refractivity contribution < 1.29 is 4.79 Å². The van der Waals surface area contributed by atoms with Crippen LogP contribution in [0.1, 0.15) is 65.4 Å². The second kappa shape index (κ2) is 8.35. The van der Waals surface area contributed by atoms with Crippen molar-refractivity contribution in [2.45, 2.75) is 65.8 Å². The zero-order valence-corrected chi connectivity index (χ0v) is 16.5.